The molecule has 0 saturated carbocycles. The SMILES string of the molecule is Cc1ccc(OCC(=O)NCC(c2cccs2)N2CCOCC2)cc1C.Cl. The minimum atomic E-state index is -0.0990. The van der Waals surface area contributed by atoms with Gasteiger partial charge in [0.05, 0.1) is 19.3 Å². The summed E-state index contributed by atoms with van der Waals surface area (Å²) in [5, 5.41) is 5.10. The van der Waals surface area contributed by atoms with Gasteiger partial charge >= 0.3 is 0 Å². The molecular formula is C20H27ClN2O3S. The highest BCUT2D eigenvalue weighted by atomic mass is 35.5. The van der Waals surface area contributed by atoms with E-state index >= 15 is 0 Å². The summed E-state index contributed by atoms with van der Waals surface area (Å²) >= 11 is 1.72. The summed E-state index contributed by atoms with van der Waals surface area (Å²) in [4.78, 5) is 15.9. The zero-order chi connectivity index (χ0) is 18.4. The molecule has 5 nitrogen and oxygen atoms in total. The lowest BCUT2D eigenvalue weighted by molar-refractivity contribution is -0.123. The zero-order valence-electron chi connectivity index (χ0n) is 15.8. The summed E-state index contributed by atoms with van der Waals surface area (Å²) in [5.41, 5.74) is 2.37. The molecule has 1 aliphatic rings. The molecule has 0 radical (unpaired) electrons. The van der Waals surface area contributed by atoms with Crippen molar-refractivity contribution < 1.29 is 14.3 Å². The molecule has 1 amide bonds. The van der Waals surface area contributed by atoms with Gasteiger partial charge in [0.25, 0.3) is 5.91 Å². The third kappa shape index (κ3) is 6.21. The van der Waals surface area contributed by atoms with Crippen LogP contribution >= 0.6 is 23.7 Å². The van der Waals surface area contributed by atoms with Crippen LogP contribution in [0.1, 0.15) is 22.0 Å². The Labute approximate surface area is 171 Å². The van der Waals surface area contributed by atoms with Gasteiger partial charge in [-0.3, -0.25) is 9.69 Å². The van der Waals surface area contributed by atoms with E-state index in [-0.39, 0.29) is 31.0 Å². The Bertz CT molecular complexity index is 718. The van der Waals surface area contributed by atoms with Crippen molar-refractivity contribution in [1.29, 1.82) is 0 Å². The number of hydrogen-bond donors (Lipinski definition) is 1. The molecule has 1 saturated heterocycles. The van der Waals surface area contributed by atoms with Gasteiger partial charge in [-0.2, -0.15) is 0 Å². The van der Waals surface area contributed by atoms with Crippen molar-refractivity contribution in [2.45, 2.75) is 19.9 Å². The van der Waals surface area contributed by atoms with E-state index in [0.717, 1.165) is 37.6 Å². The van der Waals surface area contributed by atoms with Crippen LogP contribution in [-0.2, 0) is 9.53 Å². The maximum absolute atomic E-state index is 12.2. The number of nitrogens with zero attached hydrogens (tertiary/aromatic N) is 1. The van der Waals surface area contributed by atoms with Crippen LogP contribution in [0.4, 0.5) is 0 Å². The van der Waals surface area contributed by atoms with E-state index < -0.39 is 0 Å². The lowest BCUT2D eigenvalue weighted by atomic mass is 10.1. The molecule has 7 heteroatoms. The lowest BCUT2D eigenvalue weighted by Gasteiger charge is -2.34. The number of rotatable bonds is 7. The van der Waals surface area contributed by atoms with Crippen LogP contribution in [0, 0.1) is 13.8 Å². The first-order valence-electron chi connectivity index (χ1n) is 8.95. The Hall–Kier alpha value is -1.60. The quantitative estimate of drug-likeness (QED) is 0.760. The Morgan fingerprint density at radius 3 is 2.70 bits per heavy atom. The van der Waals surface area contributed by atoms with Gasteiger partial charge in [-0.15, -0.1) is 23.7 Å². The molecule has 0 aliphatic carbocycles. The van der Waals surface area contributed by atoms with Crippen LogP contribution < -0.4 is 10.1 Å². The summed E-state index contributed by atoms with van der Waals surface area (Å²) in [6, 6.07) is 10.2. The smallest absolute Gasteiger partial charge is 0.258 e. The fourth-order valence-electron chi connectivity index (χ4n) is 2.99. The Morgan fingerprint density at radius 1 is 1.26 bits per heavy atom. The molecule has 1 aliphatic heterocycles. The summed E-state index contributed by atoms with van der Waals surface area (Å²) in [7, 11) is 0. The summed E-state index contributed by atoms with van der Waals surface area (Å²) < 4.78 is 11.1. The monoisotopic (exact) mass is 410 g/mol. The molecule has 3 rings (SSSR count). The fourth-order valence-corrected chi connectivity index (χ4v) is 3.85. The fraction of sp³-hybridized carbons (Fsp3) is 0.450. The number of amides is 1. The minimum absolute atomic E-state index is 0. The second-order valence-electron chi connectivity index (χ2n) is 6.52. The van der Waals surface area contributed by atoms with E-state index in [0.29, 0.717) is 6.54 Å². The molecule has 148 valence electrons. The number of ether oxygens (including phenoxy) is 2. The maximum Gasteiger partial charge on any atom is 0.258 e. The molecule has 1 aromatic heterocycles. The van der Waals surface area contributed by atoms with Gasteiger partial charge in [0.2, 0.25) is 0 Å². The maximum atomic E-state index is 12.2. The Morgan fingerprint density at radius 2 is 2.04 bits per heavy atom. The number of benzene rings is 1. The Kier molecular flexibility index (Phi) is 8.57. The van der Waals surface area contributed by atoms with Crippen molar-refractivity contribution in [3.8, 4) is 5.75 Å². The van der Waals surface area contributed by atoms with Crippen molar-refractivity contribution in [2.75, 3.05) is 39.5 Å². The zero-order valence-corrected chi connectivity index (χ0v) is 17.4. The van der Waals surface area contributed by atoms with Crippen LogP contribution in [-0.4, -0.2) is 50.3 Å². The van der Waals surface area contributed by atoms with Crippen molar-refractivity contribution in [2.24, 2.45) is 0 Å². The number of aryl methyl sites for hydroxylation is 2. The van der Waals surface area contributed by atoms with E-state index in [1.165, 1.54) is 10.4 Å². The highest BCUT2D eigenvalue weighted by Gasteiger charge is 2.23. The first-order chi connectivity index (χ1) is 12.6. The van der Waals surface area contributed by atoms with Crippen molar-refractivity contribution in [3.05, 3.63) is 51.7 Å². The summed E-state index contributed by atoms with van der Waals surface area (Å²) in [5.74, 6) is 0.629. The van der Waals surface area contributed by atoms with Gasteiger partial charge in [-0.25, -0.2) is 0 Å². The van der Waals surface area contributed by atoms with Gasteiger partial charge in [-0.1, -0.05) is 12.1 Å². The first kappa shape index (κ1) is 21.7. The van der Waals surface area contributed by atoms with Crippen molar-refractivity contribution >= 4 is 29.7 Å². The van der Waals surface area contributed by atoms with E-state index in [1.807, 2.05) is 25.1 Å². The largest absolute Gasteiger partial charge is 0.484 e. The first-order valence-corrected chi connectivity index (χ1v) is 9.83. The molecule has 1 fully saturated rings. The third-order valence-corrected chi connectivity index (χ3v) is 5.67. The van der Waals surface area contributed by atoms with Crippen molar-refractivity contribution in [3.63, 3.8) is 0 Å². The second-order valence-corrected chi connectivity index (χ2v) is 7.50. The number of halogens is 1. The van der Waals surface area contributed by atoms with E-state index in [9.17, 15) is 4.79 Å². The standard InChI is InChI=1S/C20H26N2O3S.ClH/c1-15-5-6-17(12-16(15)2)25-14-20(23)21-13-18(19-4-3-11-26-19)22-7-9-24-10-8-22;/h3-6,11-12,18H,7-10,13-14H2,1-2H3,(H,21,23);1H. The predicted octanol–water partition coefficient (Wildman–Crippen LogP) is 3.36. The number of nitrogens with one attached hydrogen (secondary N) is 1. The molecule has 1 atom stereocenters. The highest BCUT2D eigenvalue weighted by Crippen LogP contribution is 2.25. The molecule has 0 spiro atoms. The number of morpholine rings is 1. The number of carbonyl (C=O) groups excluding carboxylic acids is 1. The van der Waals surface area contributed by atoms with Crippen LogP contribution in [0.3, 0.4) is 0 Å². The van der Waals surface area contributed by atoms with Gasteiger partial charge in [0.15, 0.2) is 6.61 Å². The Balaban J connectivity index is 0.00000261. The third-order valence-electron chi connectivity index (χ3n) is 4.70. The molecule has 2 heterocycles. The van der Waals surface area contributed by atoms with Crippen molar-refractivity contribution in [1.82, 2.24) is 10.2 Å². The minimum Gasteiger partial charge on any atom is -0.484 e. The molecule has 1 unspecified atom stereocenters. The number of thiophene rings is 1. The summed E-state index contributed by atoms with van der Waals surface area (Å²) in [6.07, 6.45) is 0. The highest BCUT2D eigenvalue weighted by molar-refractivity contribution is 7.10. The average molecular weight is 411 g/mol. The molecular weight excluding hydrogens is 384 g/mol. The van der Waals surface area contributed by atoms with Crippen LogP contribution in [0.25, 0.3) is 0 Å². The van der Waals surface area contributed by atoms with Gasteiger partial charge in [0, 0.05) is 24.5 Å². The molecule has 1 aromatic carbocycles. The van der Waals surface area contributed by atoms with Crippen LogP contribution in [0.15, 0.2) is 35.7 Å². The molecule has 0 bridgehead atoms. The molecule has 27 heavy (non-hydrogen) atoms. The molecule has 1 N–H and O–H groups in total. The summed E-state index contributed by atoms with van der Waals surface area (Å²) in [6.45, 7) is 7.96. The van der Waals surface area contributed by atoms with E-state index in [4.69, 9.17) is 9.47 Å². The van der Waals surface area contributed by atoms with Gasteiger partial charge in [-0.05, 0) is 48.6 Å². The van der Waals surface area contributed by atoms with Crippen LogP contribution in [0.2, 0.25) is 0 Å². The predicted molar refractivity (Wildman–Crippen MR) is 111 cm³/mol. The number of hydrogen-bond acceptors (Lipinski definition) is 5. The second kappa shape index (κ2) is 10.7. The van der Waals surface area contributed by atoms with E-state index in [1.54, 1.807) is 11.3 Å². The average Bonchev–Trinajstić information content (AvgIpc) is 3.18. The lowest BCUT2D eigenvalue weighted by Crippen LogP contribution is -2.44. The number of carbonyl (C=O) groups is 1. The van der Waals surface area contributed by atoms with Crippen LogP contribution in [0.5, 0.6) is 5.75 Å². The topological polar surface area (TPSA) is 50.8 Å². The van der Waals surface area contributed by atoms with E-state index in [2.05, 4.69) is 34.7 Å². The van der Waals surface area contributed by atoms with Gasteiger partial charge < -0.3 is 14.8 Å². The van der Waals surface area contributed by atoms with Gasteiger partial charge in [0.1, 0.15) is 5.75 Å². The molecule has 2 aromatic rings. The normalized spacial score (nSPS) is 15.6.